The summed E-state index contributed by atoms with van der Waals surface area (Å²) >= 11 is 0. The van der Waals surface area contributed by atoms with E-state index in [0.717, 1.165) is 57.1 Å². The van der Waals surface area contributed by atoms with Crippen molar-refractivity contribution in [3.63, 3.8) is 0 Å². The maximum Gasteiger partial charge on any atom is 0.134 e. The van der Waals surface area contributed by atoms with Crippen LogP contribution in [0.2, 0.25) is 0 Å². The molecule has 0 radical (unpaired) electrons. The van der Waals surface area contributed by atoms with Gasteiger partial charge in [0.05, 0.1) is 6.10 Å². The number of carbonyl (C=O) groups is 1. The number of hydrogen-bond donors (Lipinski definition) is 0. The lowest BCUT2D eigenvalue weighted by atomic mass is 9.83. The Balaban J connectivity index is -0.000000261. The number of benzene rings is 1. The molecule has 3 unspecified atom stereocenters. The van der Waals surface area contributed by atoms with E-state index in [2.05, 4.69) is 53.1 Å². The number of hydrogen-bond acceptors (Lipinski definition) is 5. The molecule has 0 aliphatic heterocycles. The highest BCUT2D eigenvalue weighted by atomic mass is 19.1. The minimum absolute atomic E-state index is 0.102. The van der Waals surface area contributed by atoms with Gasteiger partial charge in [0.25, 0.3) is 0 Å². The van der Waals surface area contributed by atoms with E-state index in [9.17, 15) is 13.6 Å². The molecular weight excluding hydrogens is 548 g/mol. The third kappa shape index (κ3) is 21.6. The second kappa shape index (κ2) is 30.4. The Hall–Kier alpha value is -1.67. The van der Waals surface area contributed by atoms with Crippen LogP contribution < -0.4 is 0 Å². The smallest absolute Gasteiger partial charge is 0.134 e. The maximum atomic E-state index is 11.9. The fourth-order valence-corrected chi connectivity index (χ4v) is 4.49. The molecule has 7 heteroatoms. The van der Waals surface area contributed by atoms with Crippen LogP contribution in [0.1, 0.15) is 109 Å². The summed E-state index contributed by atoms with van der Waals surface area (Å²) < 4.78 is 40.4. The summed E-state index contributed by atoms with van der Waals surface area (Å²) in [6.07, 6.45) is 4.10. The summed E-state index contributed by atoms with van der Waals surface area (Å²) in [7, 11) is 5.57. The van der Waals surface area contributed by atoms with Crippen molar-refractivity contribution >= 4 is 5.78 Å². The van der Waals surface area contributed by atoms with Gasteiger partial charge in [0.15, 0.2) is 0 Å². The topological polar surface area (TPSA) is 48.0 Å². The highest BCUT2D eigenvalue weighted by molar-refractivity contribution is 5.78. The van der Waals surface area contributed by atoms with Gasteiger partial charge in [-0.1, -0.05) is 74.5 Å². The molecular formula is C36H69F2NO4. The molecule has 0 aliphatic rings. The predicted octanol–water partition coefficient (Wildman–Crippen LogP) is 9.78. The van der Waals surface area contributed by atoms with Gasteiger partial charge in [-0.15, -0.1) is 0 Å². The summed E-state index contributed by atoms with van der Waals surface area (Å²) in [5.41, 5.74) is 0.744. The molecule has 4 atom stereocenters. The van der Waals surface area contributed by atoms with Crippen molar-refractivity contribution in [1.29, 1.82) is 0 Å². The zero-order chi connectivity index (χ0) is 34.6. The molecule has 256 valence electrons. The minimum atomic E-state index is -0.537. The molecule has 5 nitrogen and oxygen atoms in total. The molecule has 0 saturated carbocycles. The van der Waals surface area contributed by atoms with Crippen molar-refractivity contribution < 1.29 is 27.8 Å². The lowest BCUT2D eigenvalue weighted by molar-refractivity contribution is -0.122. The second-order valence-corrected chi connectivity index (χ2v) is 10.4. The molecule has 0 aromatic heterocycles. The molecule has 1 aromatic carbocycles. The van der Waals surface area contributed by atoms with Crippen molar-refractivity contribution in [2.75, 3.05) is 41.0 Å². The average molecular weight is 618 g/mol. The van der Waals surface area contributed by atoms with Crippen LogP contribution in [0.4, 0.5) is 8.78 Å². The third-order valence-electron chi connectivity index (χ3n) is 7.12. The summed E-state index contributed by atoms with van der Waals surface area (Å²) in [4.78, 5) is 13.8. The van der Waals surface area contributed by atoms with E-state index in [1.807, 2.05) is 41.5 Å². The first-order valence-corrected chi connectivity index (χ1v) is 16.2. The van der Waals surface area contributed by atoms with Gasteiger partial charge >= 0.3 is 0 Å². The van der Waals surface area contributed by atoms with Crippen molar-refractivity contribution in [2.24, 2.45) is 11.8 Å². The van der Waals surface area contributed by atoms with Gasteiger partial charge in [-0.25, -0.2) is 8.78 Å². The number of Topliss-reactive ketones (excluding diaryl/α,β-unsaturated/α-hetero) is 1. The number of carbonyl (C=O) groups excluding carboxylic acids is 1. The van der Waals surface area contributed by atoms with E-state index in [4.69, 9.17) is 14.2 Å². The van der Waals surface area contributed by atoms with E-state index in [1.165, 1.54) is 18.2 Å². The quantitative estimate of drug-likeness (QED) is 0.136. The van der Waals surface area contributed by atoms with Gasteiger partial charge in [-0.3, -0.25) is 4.79 Å². The summed E-state index contributed by atoms with van der Waals surface area (Å²) in [5, 5.41) is 0. The number of halogens is 2. The van der Waals surface area contributed by atoms with E-state index < -0.39 is 11.6 Å². The molecule has 1 aromatic rings. The molecule has 43 heavy (non-hydrogen) atoms. The predicted molar refractivity (Wildman–Crippen MR) is 182 cm³/mol. The summed E-state index contributed by atoms with van der Waals surface area (Å²) in [5.74, 6) is -0.220. The fraction of sp³-hybridized carbons (Fsp3) is 0.750. The number of rotatable bonds is 16. The Morgan fingerprint density at radius 3 is 1.79 bits per heavy atom. The molecule has 0 heterocycles. The van der Waals surface area contributed by atoms with Crippen molar-refractivity contribution in [3.8, 4) is 0 Å². The van der Waals surface area contributed by atoms with Gasteiger partial charge in [0.1, 0.15) is 23.0 Å². The standard InChI is InChI=1S/C14H29NO2.C12H24O2.C6H4F2.2C2H6/c1-7-17-9-8-12(4)15(6)10-14(11(2)3)13(5)16;1-7-9-12(14-6,10(3)4)11(8-2)13-5;7-5-2-1-3-6(8)4-5;2*1-2/h11-12,14H,7-10H2,1-6H3;11H,3,7-9H2,1-2,4-6H3;1-4H;2*1-2H3/t;11?,12-;;;/m.0.../s1. The minimum Gasteiger partial charge on any atom is -0.382 e. The van der Waals surface area contributed by atoms with Gasteiger partial charge < -0.3 is 19.1 Å². The van der Waals surface area contributed by atoms with E-state index in [-0.39, 0.29) is 17.6 Å². The normalized spacial score (nSPS) is 13.7. The number of ether oxygens (including phenoxy) is 3. The monoisotopic (exact) mass is 618 g/mol. The van der Waals surface area contributed by atoms with Crippen LogP contribution in [0.3, 0.4) is 0 Å². The lowest BCUT2D eigenvalue weighted by Crippen LogP contribution is -2.45. The third-order valence-corrected chi connectivity index (χ3v) is 7.12. The fourth-order valence-electron chi connectivity index (χ4n) is 4.49. The van der Waals surface area contributed by atoms with Crippen LogP contribution in [0, 0.1) is 23.5 Å². The Labute approximate surface area is 265 Å². The zero-order valence-electron chi connectivity index (χ0n) is 30.6. The molecule has 0 bridgehead atoms. The van der Waals surface area contributed by atoms with E-state index >= 15 is 0 Å². The van der Waals surface area contributed by atoms with Crippen LogP contribution in [0.5, 0.6) is 0 Å². The van der Waals surface area contributed by atoms with Crippen LogP contribution in [-0.4, -0.2) is 69.5 Å². The van der Waals surface area contributed by atoms with Gasteiger partial charge in [0, 0.05) is 52.0 Å². The Morgan fingerprint density at radius 2 is 1.51 bits per heavy atom. The summed E-state index contributed by atoms with van der Waals surface area (Å²) in [6.45, 7) is 30.9. The zero-order valence-corrected chi connectivity index (χ0v) is 30.6. The molecule has 0 amide bonds. The van der Waals surface area contributed by atoms with Crippen LogP contribution in [0.25, 0.3) is 0 Å². The van der Waals surface area contributed by atoms with Crippen LogP contribution in [-0.2, 0) is 19.0 Å². The SMILES string of the molecule is C=C(C)[C@](CCC)(OC)C(CC)OC.CC.CC.CCOCCC(C)N(C)CC(C(C)=O)C(C)C.Fc1cccc(F)c1. The first kappa shape index (κ1) is 48.2. The Morgan fingerprint density at radius 1 is 1.00 bits per heavy atom. The van der Waals surface area contributed by atoms with Crippen LogP contribution >= 0.6 is 0 Å². The number of methoxy groups -OCH3 is 2. The largest absolute Gasteiger partial charge is 0.382 e. The number of ketones is 1. The van der Waals surface area contributed by atoms with E-state index in [0.29, 0.717) is 17.7 Å². The van der Waals surface area contributed by atoms with Crippen molar-refractivity contribution in [3.05, 3.63) is 48.1 Å². The molecule has 0 aliphatic carbocycles. The number of nitrogens with zero attached hydrogens (tertiary/aromatic N) is 1. The van der Waals surface area contributed by atoms with Gasteiger partial charge in [0.2, 0.25) is 0 Å². The van der Waals surface area contributed by atoms with Crippen LogP contribution in [0.15, 0.2) is 36.4 Å². The van der Waals surface area contributed by atoms with Crippen molar-refractivity contribution in [1.82, 2.24) is 4.90 Å². The Kier molecular flexibility index (Phi) is 34.1. The molecule has 0 fully saturated rings. The highest BCUT2D eigenvalue weighted by Crippen LogP contribution is 2.32. The van der Waals surface area contributed by atoms with E-state index in [1.54, 1.807) is 21.1 Å². The molecule has 0 N–H and O–H groups in total. The highest BCUT2D eigenvalue weighted by Gasteiger charge is 2.38. The summed E-state index contributed by atoms with van der Waals surface area (Å²) in [6, 6.07) is 5.01. The lowest BCUT2D eigenvalue weighted by Gasteiger charge is -2.39. The molecule has 1 rings (SSSR count). The Bertz CT molecular complexity index is 769. The molecule has 0 saturated heterocycles. The first-order chi connectivity index (χ1) is 20.3. The first-order valence-electron chi connectivity index (χ1n) is 16.2. The maximum absolute atomic E-state index is 11.9. The second-order valence-electron chi connectivity index (χ2n) is 10.4. The van der Waals surface area contributed by atoms with Crippen molar-refractivity contribution in [2.45, 2.75) is 127 Å². The average Bonchev–Trinajstić information content (AvgIpc) is 2.98. The molecule has 0 spiro atoms. The van der Waals surface area contributed by atoms with Gasteiger partial charge in [-0.2, -0.15) is 0 Å². The van der Waals surface area contributed by atoms with Gasteiger partial charge in [-0.05, 0) is 77.6 Å².